The van der Waals surface area contributed by atoms with Gasteiger partial charge >= 0.3 is 0 Å². The summed E-state index contributed by atoms with van der Waals surface area (Å²) in [5.41, 5.74) is 0. The number of carbonyl (C=O) groups is 1. The van der Waals surface area contributed by atoms with E-state index in [1.807, 2.05) is 4.90 Å². The minimum Gasteiger partial charge on any atom is -0.394 e. The van der Waals surface area contributed by atoms with Gasteiger partial charge in [0.25, 0.3) is 0 Å². The van der Waals surface area contributed by atoms with Gasteiger partial charge in [0.15, 0.2) is 0 Å². The van der Waals surface area contributed by atoms with Gasteiger partial charge in [-0.15, -0.1) is 0 Å². The Morgan fingerprint density at radius 2 is 2.07 bits per heavy atom. The van der Waals surface area contributed by atoms with Crippen molar-refractivity contribution in [3.8, 4) is 0 Å². The Labute approximate surface area is 99.0 Å². The summed E-state index contributed by atoms with van der Waals surface area (Å²) in [6, 6.07) is 0.0718. The summed E-state index contributed by atoms with van der Waals surface area (Å²) < 4.78 is 0. The van der Waals surface area contributed by atoms with Crippen molar-refractivity contribution >= 4 is 21.8 Å². The van der Waals surface area contributed by atoms with Crippen LogP contribution in [-0.4, -0.2) is 39.9 Å². The van der Waals surface area contributed by atoms with E-state index in [0.29, 0.717) is 5.92 Å². The van der Waals surface area contributed by atoms with Gasteiger partial charge in [-0.3, -0.25) is 4.79 Å². The van der Waals surface area contributed by atoms with Gasteiger partial charge in [-0.25, -0.2) is 0 Å². The van der Waals surface area contributed by atoms with Crippen molar-refractivity contribution in [3.05, 3.63) is 0 Å². The molecule has 1 heterocycles. The third-order valence-electron chi connectivity index (χ3n) is 3.71. The number of aliphatic hydroxyl groups excluding tert-OH is 1. The largest absolute Gasteiger partial charge is 0.394 e. The number of halogens is 1. The molecule has 86 valence electrons. The maximum absolute atomic E-state index is 11.8. The molecule has 2 aliphatic rings. The second-order valence-electron chi connectivity index (χ2n) is 4.58. The molecule has 0 radical (unpaired) electrons. The van der Waals surface area contributed by atoms with Crippen LogP contribution in [0.5, 0.6) is 0 Å². The normalized spacial score (nSPS) is 30.1. The highest BCUT2D eigenvalue weighted by atomic mass is 79.9. The van der Waals surface area contributed by atoms with Crippen LogP contribution in [0, 0.1) is 5.92 Å². The van der Waals surface area contributed by atoms with Gasteiger partial charge in [0.05, 0.1) is 17.5 Å². The molecular formula is C11H18BrNO2. The maximum Gasteiger partial charge on any atom is 0.236 e. The first-order valence-corrected chi connectivity index (χ1v) is 6.71. The molecule has 2 atom stereocenters. The average Bonchev–Trinajstić information content (AvgIpc) is 2.84. The third-order valence-corrected chi connectivity index (χ3v) is 4.56. The highest BCUT2D eigenvalue weighted by Gasteiger charge is 2.38. The number of rotatable bonds is 3. The molecule has 15 heavy (non-hydrogen) atoms. The number of hydrogen-bond donors (Lipinski definition) is 1. The van der Waals surface area contributed by atoms with Gasteiger partial charge in [0.2, 0.25) is 5.91 Å². The molecule has 1 saturated heterocycles. The fourth-order valence-corrected chi connectivity index (χ4v) is 3.31. The zero-order valence-electron chi connectivity index (χ0n) is 8.86. The Hall–Kier alpha value is -0.0900. The first kappa shape index (κ1) is 11.4. The molecule has 3 nitrogen and oxygen atoms in total. The molecule has 2 rings (SSSR count). The van der Waals surface area contributed by atoms with E-state index in [1.165, 1.54) is 25.7 Å². The van der Waals surface area contributed by atoms with E-state index < -0.39 is 0 Å². The standard InChI is InChI=1S/C11H18BrNO2/c12-9-5-6-13(11(9)15)10(7-14)8-3-1-2-4-8/h8-10,14H,1-7H2. The highest BCUT2D eigenvalue weighted by Crippen LogP contribution is 2.32. The third kappa shape index (κ3) is 2.21. The molecule has 1 saturated carbocycles. The summed E-state index contributed by atoms with van der Waals surface area (Å²) in [5, 5.41) is 9.44. The molecule has 2 unspecified atom stereocenters. The first-order valence-electron chi connectivity index (χ1n) is 5.79. The molecule has 0 spiro atoms. The van der Waals surface area contributed by atoms with Crippen LogP contribution in [0.2, 0.25) is 0 Å². The topological polar surface area (TPSA) is 40.5 Å². The molecular weight excluding hydrogens is 258 g/mol. The van der Waals surface area contributed by atoms with E-state index in [9.17, 15) is 9.90 Å². The molecule has 1 aliphatic heterocycles. The zero-order valence-corrected chi connectivity index (χ0v) is 10.4. The number of carbonyl (C=O) groups excluding carboxylic acids is 1. The predicted molar refractivity (Wildman–Crippen MR) is 61.9 cm³/mol. The fraction of sp³-hybridized carbons (Fsp3) is 0.909. The molecule has 1 aliphatic carbocycles. The number of nitrogens with zero attached hydrogens (tertiary/aromatic N) is 1. The number of aliphatic hydroxyl groups is 1. The fourth-order valence-electron chi connectivity index (χ4n) is 2.84. The summed E-state index contributed by atoms with van der Waals surface area (Å²) in [5.74, 6) is 0.692. The molecule has 4 heteroatoms. The van der Waals surface area contributed by atoms with Crippen molar-refractivity contribution in [3.63, 3.8) is 0 Å². The molecule has 0 bridgehead atoms. The maximum atomic E-state index is 11.8. The Morgan fingerprint density at radius 1 is 1.40 bits per heavy atom. The minimum atomic E-state index is -0.0204. The van der Waals surface area contributed by atoms with E-state index >= 15 is 0 Å². The van der Waals surface area contributed by atoms with Gasteiger partial charge in [0.1, 0.15) is 0 Å². The Balaban J connectivity index is 2.02. The van der Waals surface area contributed by atoms with Crippen molar-refractivity contribution in [1.82, 2.24) is 4.90 Å². The SMILES string of the molecule is O=C1C(Br)CCN1C(CO)C1CCCC1. The summed E-state index contributed by atoms with van der Waals surface area (Å²) in [4.78, 5) is 13.7. The quantitative estimate of drug-likeness (QED) is 0.794. The lowest BCUT2D eigenvalue weighted by molar-refractivity contribution is -0.131. The zero-order chi connectivity index (χ0) is 10.8. The Morgan fingerprint density at radius 3 is 2.53 bits per heavy atom. The van der Waals surface area contributed by atoms with Crippen LogP contribution in [0.15, 0.2) is 0 Å². The smallest absolute Gasteiger partial charge is 0.236 e. The van der Waals surface area contributed by atoms with Gasteiger partial charge < -0.3 is 10.0 Å². The monoisotopic (exact) mass is 275 g/mol. The number of amides is 1. The first-order chi connectivity index (χ1) is 7.24. The van der Waals surface area contributed by atoms with E-state index in [0.717, 1.165) is 13.0 Å². The van der Waals surface area contributed by atoms with Crippen LogP contribution in [0.3, 0.4) is 0 Å². The summed E-state index contributed by atoms with van der Waals surface area (Å²) in [7, 11) is 0. The van der Waals surface area contributed by atoms with Crippen molar-refractivity contribution in [1.29, 1.82) is 0 Å². The van der Waals surface area contributed by atoms with Crippen LogP contribution in [0.1, 0.15) is 32.1 Å². The summed E-state index contributed by atoms with van der Waals surface area (Å²) in [6.45, 7) is 0.923. The summed E-state index contributed by atoms with van der Waals surface area (Å²) >= 11 is 3.38. The van der Waals surface area contributed by atoms with Crippen LogP contribution >= 0.6 is 15.9 Å². The van der Waals surface area contributed by atoms with Gasteiger partial charge in [-0.1, -0.05) is 28.8 Å². The molecule has 0 aromatic heterocycles. The minimum absolute atomic E-state index is 0.0204. The lowest BCUT2D eigenvalue weighted by Gasteiger charge is -2.31. The summed E-state index contributed by atoms with van der Waals surface area (Å²) in [6.07, 6.45) is 5.72. The number of hydrogen-bond acceptors (Lipinski definition) is 2. The van der Waals surface area contributed by atoms with Gasteiger partial charge in [-0.2, -0.15) is 0 Å². The van der Waals surface area contributed by atoms with E-state index in [4.69, 9.17) is 0 Å². The molecule has 1 amide bonds. The van der Waals surface area contributed by atoms with Crippen LogP contribution in [0.25, 0.3) is 0 Å². The van der Waals surface area contributed by atoms with Crippen LogP contribution in [-0.2, 0) is 4.79 Å². The molecule has 1 N–H and O–H groups in total. The van der Waals surface area contributed by atoms with Crippen molar-refractivity contribution in [2.45, 2.75) is 43.0 Å². The number of likely N-dealkylation sites (tertiary alicyclic amines) is 1. The molecule has 0 aromatic rings. The molecule has 2 fully saturated rings. The second kappa shape index (κ2) is 4.83. The Kier molecular flexibility index (Phi) is 3.67. The van der Waals surface area contributed by atoms with Crippen LogP contribution in [0.4, 0.5) is 0 Å². The van der Waals surface area contributed by atoms with Crippen molar-refractivity contribution in [2.24, 2.45) is 5.92 Å². The average molecular weight is 276 g/mol. The van der Waals surface area contributed by atoms with E-state index in [2.05, 4.69) is 15.9 Å². The van der Waals surface area contributed by atoms with Gasteiger partial charge in [0, 0.05) is 6.54 Å². The number of alkyl halides is 1. The van der Waals surface area contributed by atoms with Gasteiger partial charge in [-0.05, 0) is 25.2 Å². The second-order valence-corrected chi connectivity index (χ2v) is 5.69. The van der Waals surface area contributed by atoms with Crippen molar-refractivity contribution < 1.29 is 9.90 Å². The Bertz CT molecular complexity index is 241. The lowest BCUT2D eigenvalue weighted by Crippen LogP contribution is -2.44. The highest BCUT2D eigenvalue weighted by molar-refractivity contribution is 9.10. The van der Waals surface area contributed by atoms with E-state index in [-0.39, 0.29) is 23.4 Å². The van der Waals surface area contributed by atoms with Crippen molar-refractivity contribution in [2.75, 3.05) is 13.2 Å². The molecule has 0 aromatic carbocycles. The van der Waals surface area contributed by atoms with Crippen LogP contribution < -0.4 is 0 Å². The van der Waals surface area contributed by atoms with E-state index in [1.54, 1.807) is 0 Å². The predicted octanol–water partition coefficient (Wildman–Crippen LogP) is 1.53. The lowest BCUT2D eigenvalue weighted by atomic mass is 9.97.